The number of hydrogen-bond donors (Lipinski definition) is 0. The first-order chi connectivity index (χ1) is 19.5. The van der Waals surface area contributed by atoms with Crippen molar-refractivity contribution in [2.45, 2.75) is 32.3 Å². The second kappa shape index (κ2) is 12.9. The SMILES string of the molecule is COc1ccc(C(=O)N(CC(=O)N2CCCN(c3ccc(-c4ccc(C)cc4)nn3)CC2)C[C@H]2CCCO2)cc1. The molecule has 0 saturated carbocycles. The number of amides is 2. The number of carbonyl (C=O) groups excluding carboxylic acids is 2. The van der Waals surface area contributed by atoms with Crippen LogP contribution in [0.5, 0.6) is 5.75 Å². The van der Waals surface area contributed by atoms with Gasteiger partial charge in [0.25, 0.3) is 5.91 Å². The Morgan fingerprint density at radius 2 is 1.75 bits per heavy atom. The van der Waals surface area contributed by atoms with E-state index in [2.05, 4.69) is 46.3 Å². The van der Waals surface area contributed by atoms with Crippen LogP contribution in [0.15, 0.2) is 60.7 Å². The largest absolute Gasteiger partial charge is 0.497 e. The van der Waals surface area contributed by atoms with Crippen LogP contribution in [0.25, 0.3) is 11.3 Å². The third-order valence-electron chi connectivity index (χ3n) is 7.57. The van der Waals surface area contributed by atoms with E-state index in [0.29, 0.717) is 44.1 Å². The van der Waals surface area contributed by atoms with Crippen molar-refractivity contribution in [3.8, 4) is 17.0 Å². The van der Waals surface area contributed by atoms with Crippen molar-refractivity contribution in [2.75, 3.05) is 57.9 Å². The maximum absolute atomic E-state index is 13.5. The molecular weight excluding hydrogens is 506 g/mol. The Hall–Kier alpha value is -3.98. The average Bonchev–Trinajstić information content (AvgIpc) is 3.38. The van der Waals surface area contributed by atoms with Gasteiger partial charge in [-0.05, 0) is 62.6 Å². The van der Waals surface area contributed by atoms with Crippen LogP contribution in [0.2, 0.25) is 0 Å². The lowest BCUT2D eigenvalue weighted by Crippen LogP contribution is -2.46. The summed E-state index contributed by atoms with van der Waals surface area (Å²) < 4.78 is 11.0. The first-order valence-corrected chi connectivity index (χ1v) is 14.0. The number of aromatic nitrogens is 2. The predicted molar refractivity (Wildman–Crippen MR) is 153 cm³/mol. The van der Waals surface area contributed by atoms with Crippen molar-refractivity contribution in [1.82, 2.24) is 20.0 Å². The zero-order valence-corrected chi connectivity index (χ0v) is 23.3. The minimum absolute atomic E-state index is 0.0236. The van der Waals surface area contributed by atoms with Crippen LogP contribution in [-0.4, -0.2) is 90.9 Å². The molecule has 2 aliphatic heterocycles. The number of carbonyl (C=O) groups is 2. The van der Waals surface area contributed by atoms with Gasteiger partial charge in [-0.25, -0.2) is 0 Å². The van der Waals surface area contributed by atoms with Crippen LogP contribution in [0.1, 0.15) is 35.2 Å². The molecule has 3 heterocycles. The summed E-state index contributed by atoms with van der Waals surface area (Å²) in [5, 5.41) is 8.93. The summed E-state index contributed by atoms with van der Waals surface area (Å²) in [7, 11) is 1.59. The monoisotopic (exact) mass is 543 g/mol. The van der Waals surface area contributed by atoms with Gasteiger partial charge in [0.05, 0.1) is 18.9 Å². The molecule has 2 aliphatic rings. The molecule has 0 bridgehead atoms. The average molecular weight is 544 g/mol. The molecule has 2 amide bonds. The smallest absolute Gasteiger partial charge is 0.254 e. The molecular formula is C31H37N5O4. The van der Waals surface area contributed by atoms with E-state index in [0.717, 1.165) is 42.9 Å². The number of nitrogens with zero attached hydrogens (tertiary/aromatic N) is 5. The van der Waals surface area contributed by atoms with E-state index in [1.54, 1.807) is 36.3 Å². The van der Waals surface area contributed by atoms with E-state index in [9.17, 15) is 9.59 Å². The maximum Gasteiger partial charge on any atom is 0.254 e. The lowest BCUT2D eigenvalue weighted by atomic mass is 10.1. The molecule has 9 heteroatoms. The number of ether oxygens (including phenoxy) is 2. The van der Waals surface area contributed by atoms with E-state index in [1.807, 2.05) is 17.0 Å². The lowest BCUT2D eigenvalue weighted by molar-refractivity contribution is -0.132. The summed E-state index contributed by atoms with van der Waals surface area (Å²) in [6.07, 6.45) is 2.63. The second-order valence-electron chi connectivity index (χ2n) is 10.4. The van der Waals surface area contributed by atoms with Crippen LogP contribution >= 0.6 is 0 Å². The minimum Gasteiger partial charge on any atom is -0.497 e. The molecule has 1 aromatic heterocycles. The molecule has 2 aromatic carbocycles. The van der Waals surface area contributed by atoms with Crippen LogP contribution < -0.4 is 9.64 Å². The first kappa shape index (κ1) is 27.6. The van der Waals surface area contributed by atoms with Gasteiger partial charge in [-0.2, -0.15) is 0 Å². The van der Waals surface area contributed by atoms with Crippen LogP contribution in [0.3, 0.4) is 0 Å². The highest BCUT2D eigenvalue weighted by molar-refractivity contribution is 5.96. The highest BCUT2D eigenvalue weighted by Crippen LogP contribution is 2.21. The van der Waals surface area contributed by atoms with Crippen molar-refractivity contribution < 1.29 is 19.1 Å². The second-order valence-corrected chi connectivity index (χ2v) is 10.4. The Balaban J connectivity index is 1.22. The van der Waals surface area contributed by atoms with Gasteiger partial charge in [0, 0.05) is 50.5 Å². The summed E-state index contributed by atoms with van der Waals surface area (Å²) in [5.41, 5.74) is 3.61. The molecule has 9 nitrogen and oxygen atoms in total. The standard InChI is InChI=1S/C31H37N5O4/c1-23-6-8-24(9-7-23)28-14-15-29(33-32-28)34-16-4-17-35(19-18-34)30(37)22-36(21-27-5-3-20-40-27)31(38)25-10-12-26(39-2)13-11-25/h6-15,27H,3-5,16-22H2,1-2H3/t27-/m1/s1. The van der Waals surface area contributed by atoms with Gasteiger partial charge in [0.1, 0.15) is 12.3 Å². The van der Waals surface area contributed by atoms with Crippen molar-refractivity contribution in [3.63, 3.8) is 0 Å². The zero-order valence-electron chi connectivity index (χ0n) is 23.3. The summed E-state index contributed by atoms with van der Waals surface area (Å²) in [6.45, 7) is 5.82. The van der Waals surface area contributed by atoms with Crippen molar-refractivity contribution in [3.05, 3.63) is 71.8 Å². The first-order valence-electron chi connectivity index (χ1n) is 14.0. The van der Waals surface area contributed by atoms with E-state index < -0.39 is 0 Å². The molecule has 2 fully saturated rings. The molecule has 210 valence electrons. The predicted octanol–water partition coefficient (Wildman–Crippen LogP) is 3.82. The number of benzene rings is 2. The fourth-order valence-electron chi connectivity index (χ4n) is 5.20. The maximum atomic E-state index is 13.5. The summed E-state index contributed by atoms with van der Waals surface area (Å²) in [6, 6.07) is 19.2. The molecule has 1 atom stereocenters. The zero-order chi connectivity index (χ0) is 27.9. The van der Waals surface area contributed by atoms with Gasteiger partial charge in [-0.3, -0.25) is 9.59 Å². The third kappa shape index (κ3) is 6.77. The van der Waals surface area contributed by atoms with Gasteiger partial charge in [-0.1, -0.05) is 29.8 Å². The topological polar surface area (TPSA) is 88.1 Å². The molecule has 0 aliphatic carbocycles. The van der Waals surface area contributed by atoms with E-state index in [-0.39, 0.29) is 24.5 Å². The number of anilines is 1. The van der Waals surface area contributed by atoms with Gasteiger partial charge in [0.15, 0.2) is 5.82 Å². The Bertz CT molecular complexity index is 1270. The Morgan fingerprint density at radius 3 is 2.42 bits per heavy atom. The highest BCUT2D eigenvalue weighted by Gasteiger charge is 2.28. The number of rotatable bonds is 8. The van der Waals surface area contributed by atoms with E-state index in [4.69, 9.17) is 9.47 Å². The van der Waals surface area contributed by atoms with Gasteiger partial charge in [-0.15, -0.1) is 10.2 Å². The molecule has 0 spiro atoms. The fraction of sp³-hybridized carbons (Fsp3) is 0.419. The number of aryl methyl sites for hydroxylation is 1. The number of hydrogen-bond acceptors (Lipinski definition) is 7. The molecule has 0 radical (unpaired) electrons. The summed E-state index contributed by atoms with van der Waals surface area (Å²) in [4.78, 5) is 32.6. The molecule has 40 heavy (non-hydrogen) atoms. The fourth-order valence-corrected chi connectivity index (χ4v) is 5.20. The minimum atomic E-state index is -0.174. The van der Waals surface area contributed by atoms with Crippen LogP contribution in [-0.2, 0) is 9.53 Å². The highest BCUT2D eigenvalue weighted by atomic mass is 16.5. The van der Waals surface area contributed by atoms with Crippen molar-refractivity contribution in [1.29, 1.82) is 0 Å². The van der Waals surface area contributed by atoms with E-state index in [1.165, 1.54) is 5.56 Å². The Morgan fingerprint density at radius 1 is 0.950 bits per heavy atom. The normalized spacial score (nSPS) is 17.4. The Labute approximate surface area is 235 Å². The molecule has 5 rings (SSSR count). The van der Waals surface area contributed by atoms with E-state index >= 15 is 0 Å². The van der Waals surface area contributed by atoms with Crippen molar-refractivity contribution in [2.24, 2.45) is 0 Å². The molecule has 0 unspecified atom stereocenters. The van der Waals surface area contributed by atoms with Crippen LogP contribution in [0, 0.1) is 6.92 Å². The van der Waals surface area contributed by atoms with Crippen LogP contribution in [0.4, 0.5) is 5.82 Å². The molecule has 0 N–H and O–H groups in total. The quantitative estimate of drug-likeness (QED) is 0.427. The lowest BCUT2D eigenvalue weighted by Gasteiger charge is -2.28. The van der Waals surface area contributed by atoms with Gasteiger partial charge >= 0.3 is 0 Å². The molecule has 3 aromatic rings. The Kier molecular flexibility index (Phi) is 8.91. The van der Waals surface area contributed by atoms with Gasteiger partial charge < -0.3 is 24.2 Å². The third-order valence-corrected chi connectivity index (χ3v) is 7.57. The molecule has 2 saturated heterocycles. The van der Waals surface area contributed by atoms with Gasteiger partial charge in [0.2, 0.25) is 5.91 Å². The summed E-state index contributed by atoms with van der Waals surface area (Å²) >= 11 is 0. The van der Waals surface area contributed by atoms with Crippen molar-refractivity contribution >= 4 is 17.6 Å². The number of methoxy groups -OCH3 is 1. The summed E-state index contributed by atoms with van der Waals surface area (Å²) in [5.74, 6) is 1.26.